The van der Waals surface area contributed by atoms with Gasteiger partial charge < -0.3 is 4.90 Å². The molecule has 7 nitrogen and oxygen atoms in total. The number of carbonyl (C=O) groups excluding carboxylic acids is 1. The molecular formula is C20H21FN6O. The van der Waals surface area contributed by atoms with E-state index < -0.39 is 0 Å². The Balaban J connectivity index is 1.34. The summed E-state index contributed by atoms with van der Waals surface area (Å²) >= 11 is 0. The molecule has 3 fully saturated rings. The lowest BCUT2D eigenvalue weighted by molar-refractivity contribution is 0.0585. The van der Waals surface area contributed by atoms with E-state index in [1.165, 1.54) is 12.1 Å². The zero-order valence-corrected chi connectivity index (χ0v) is 15.4. The molecule has 2 bridgehead atoms. The molecule has 2 atom stereocenters. The van der Waals surface area contributed by atoms with E-state index in [2.05, 4.69) is 20.4 Å². The van der Waals surface area contributed by atoms with E-state index in [-0.39, 0.29) is 17.8 Å². The summed E-state index contributed by atoms with van der Waals surface area (Å²) in [4.78, 5) is 17.6. The molecule has 0 N–H and O–H groups in total. The molecule has 28 heavy (non-hydrogen) atoms. The van der Waals surface area contributed by atoms with Crippen LogP contribution >= 0.6 is 0 Å². The third-order valence-electron chi connectivity index (χ3n) is 5.81. The van der Waals surface area contributed by atoms with Crippen LogP contribution in [0.2, 0.25) is 0 Å². The quantitative estimate of drug-likeness (QED) is 0.695. The van der Waals surface area contributed by atoms with Gasteiger partial charge in [0.1, 0.15) is 5.82 Å². The van der Waals surface area contributed by atoms with Gasteiger partial charge in [0.25, 0.3) is 5.91 Å². The second-order valence-electron chi connectivity index (χ2n) is 7.77. The first kappa shape index (κ1) is 17.2. The van der Waals surface area contributed by atoms with Crippen molar-refractivity contribution < 1.29 is 9.18 Å². The van der Waals surface area contributed by atoms with Gasteiger partial charge in [0.15, 0.2) is 5.65 Å². The predicted molar refractivity (Wildman–Crippen MR) is 100 cm³/mol. The first-order valence-corrected chi connectivity index (χ1v) is 9.61. The summed E-state index contributed by atoms with van der Waals surface area (Å²) in [7, 11) is 0. The summed E-state index contributed by atoms with van der Waals surface area (Å²) in [5.41, 5.74) is 2.30. The summed E-state index contributed by atoms with van der Waals surface area (Å²) in [6.45, 7) is 3.37. The molecule has 5 heterocycles. The van der Waals surface area contributed by atoms with Crippen LogP contribution in [0.1, 0.15) is 28.8 Å². The van der Waals surface area contributed by atoms with Crippen molar-refractivity contribution in [1.82, 2.24) is 29.8 Å². The smallest absolute Gasteiger partial charge is 0.254 e. The first-order valence-electron chi connectivity index (χ1n) is 9.61. The highest BCUT2D eigenvalue weighted by Gasteiger charge is 2.37. The minimum atomic E-state index is -0.212. The van der Waals surface area contributed by atoms with Crippen LogP contribution in [-0.4, -0.2) is 61.4 Å². The van der Waals surface area contributed by atoms with Crippen molar-refractivity contribution in [2.24, 2.45) is 5.92 Å². The topological polar surface area (TPSA) is 66.6 Å². The number of rotatable bonds is 3. The van der Waals surface area contributed by atoms with Gasteiger partial charge in [-0.15, -0.1) is 5.10 Å². The predicted octanol–water partition coefficient (Wildman–Crippen LogP) is 2.00. The molecule has 0 radical (unpaired) electrons. The van der Waals surface area contributed by atoms with Gasteiger partial charge in [0.05, 0.1) is 0 Å². The molecule has 1 amide bonds. The molecule has 6 rings (SSSR count). The van der Waals surface area contributed by atoms with Gasteiger partial charge in [-0.2, -0.15) is 0 Å². The van der Waals surface area contributed by atoms with Crippen LogP contribution in [-0.2, 0) is 6.54 Å². The Hall–Kier alpha value is -2.87. The SMILES string of the molecule is O=C(c1ccn2nnnc2c1)N1C[C@H]2CC[C@@H]1CN(Cc1ccc(F)cc1)C2. The number of pyridine rings is 1. The maximum atomic E-state index is 13.2. The van der Waals surface area contributed by atoms with Crippen molar-refractivity contribution >= 4 is 11.6 Å². The Kier molecular flexibility index (Phi) is 4.27. The molecule has 0 unspecified atom stereocenters. The highest BCUT2D eigenvalue weighted by molar-refractivity contribution is 5.95. The lowest BCUT2D eigenvalue weighted by Crippen LogP contribution is -2.47. The largest absolute Gasteiger partial charge is 0.334 e. The number of amides is 1. The van der Waals surface area contributed by atoms with Crippen molar-refractivity contribution in [2.75, 3.05) is 19.6 Å². The fourth-order valence-electron chi connectivity index (χ4n) is 4.44. The van der Waals surface area contributed by atoms with Gasteiger partial charge >= 0.3 is 0 Å². The number of hydrogen-bond acceptors (Lipinski definition) is 5. The highest BCUT2D eigenvalue weighted by atomic mass is 19.1. The number of tetrazole rings is 1. The molecule has 0 aliphatic carbocycles. The van der Waals surface area contributed by atoms with E-state index in [1.807, 2.05) is 17.0 Å². The van der Waals surface area contributed by atoms with Crippen LogP contribution in [0.5, 0.6) is 0 Å². The molecular weight excluding hydrogens is 359 g/mol. The van der Waals surface area contributed by atoms with Gasteiger partial charge in [-0.25, -0.2) is 8.91 Å². The van der Waals surface area contributed by atoms with Crippen LogP contribution < -0.4 is 0 Å². The Morgan fingerprint density at radius 1 is 1.11 bits per heavy atom. The molecule has 2 aromatic heterocycles. The molecule has 3 aliphatic rings. The Morgan fingerprint density at radius 2 is 1.96 bits per heavy atom. The lowest BCUT2D eigenvalue weighted by Gasteiger charge is -2.36. The molecule has 0 saturated carbocycles. The highest BCUT2D eigenvalue weighted by Crippen LogP contribution is 2.30. The van der Waals surface area contributed by atoms with Gasteiger partial charge in [0.2, 0.25) is 0 Å². The van der Waals surface area contributed by atoms with E-state index in [9.17, 15) is 9.18 Å². The number of nitrogens with zero attached hydrogens (tertiary/aromatic N) is 6. The maximum Gasteiger partial charge on any atom is 0.254 e. The summed E-state index contributed by atoms with van der Waals surface area (Å²) in [5, 5.41) is 11.4. The summed E-state index contributed by atoms with van der Waals surface area (Å²) < 4.78 is 14.7. The first-order chi connectivity index (χ1) is 13.7. The molecule has 1 aromatic carbocycles. The monoisotopic (exact) mass is 380 g/mol. The van der Waals surface area contributed by atoms with Crippen LogP contribution in [0.25, 0.3) is 5.65 Å². The molecule has 8 heteroatoms. The normalized spacial score (nSPS) is 22.5. The Labute approximate surface area is 161 Å². The van der Waals surface area contributed by atoms with Crippen molar-refractivity contribution in [2.45, 2.75) is 25.4 Å². The zero-order valence-electron chi connectivity index (χ0n) is 15.4. The van der Waals surface area contributed by atoms with E-state index in [0.29, 0.717) is 17.1 Å². The molecule has 3 aromatic rings. The maximum absolute atomic E-state index is 13.2. The van der Waals surface area contributed by atoms with E-state index in [4.69, 9.17) is 0 Å². The number of carbonyl (C=O) groups is 1. The van der Waals surface area contributed by atoms with E-state index in [1.54, 1.807) is 22.8 Å². The van der Waals surface area contributed by atoms with Gasteiger partial charge in [-0.1, -0.05) is 12.1 Å². The number of fused-ring (bicyclic) bond motifs is 5. The van der Waals surface area contributed by atoms with Crippen molar-refractivity contribution in [3.63, 3.8) is 0 Å². The summed E-state index contributed by atoms with van der Waals surface area (Å²) in [6.07, 6.45) is 3.88. The fraction of sp³-hybridized carbons (Fsp3) is 0.400. The lowest BCUT2D eigenvalue weighted by atomic mass is 9.94. The number of hydrogen-bond donors (Lipinski definition) is 0. The van der Waals surface area contributed by atoms with Crippen LogP contribution in [0.3, 0.4) is 0 Å². The average molecular weight is 380 g/mol. The number of halogens is 1. The van der Waals surface area contributed by atoms with Crippen molar-refractivity contribution in [3.8, 4) is 0 Å². The van der Waals surface area contributed by atoms with Crippen molar-refractivity contribution in [1.29, 1.82) is 0 Å². The van der Waals surface area contributed by atoms with Gasteiger partial charge in [0, 0.05) is 44.0 Å². The molecule has 0 spiro atoms. The number of piperidine rings is 1. The van der Waals surface area contributed by atoms with Crippen LogP contribution in [0.15, 0.2) is 42.6 Å². The van der Waals surface area contributed by atoms with Crippen LogP contribution in [0, 0.1) is 11.7 Å². The second-order valence-corrected chi connectivity index (χ2v) is 7.77. The minimum absolute atomic E-state index is 0.0452. The average Bonchev–Trinajstić information content (AvgIpc) is 3.01. The minimum Gasteiger partial charge on any atom is -0.334 e. The molecule has 3 saturated heterocycles. The summed E-state index contributed by atoms with van der Waals surface area (Å²) in [6, 6.07) is 10.4. The third-order valence-corrected chi connectivity index (χ3v) is 5.81. The zero-order chi connectivity index (χ0) is 19.1. The standard InChI is InChI=1S/C20H21FN6O/c21-17-4-1-14(2-5-17)10-25-11-15-3-6-18(13-25)26(12-15)20(28)16-7-8-27-19(9-16)22-23-24-27/h1-2,4-5,7-9,15,18H,3,6,10-13H2/t15-,18+/m0/s1. The Morgan fingerprint density at radius 3 is 2.82 bits per heavy atom. The molecule has 144 valence electrons. The van der Waals surface area contributed by atoms with Crippen LogP contribution in [0.4, 0.5) is 4.39 Å². The van der Waals surface area contributed by atoms with Gasteiger partial charge in [-0.05, 0) is 59.0 Å². The Bertz CT molecular complexity index is 1000. The summed E-state index contributed by atoms with van der Waals surface area (Å²) in [5.74, 6) is 0.293. The number of benzene rings is 1. The van der Waals surface area contributed by atoms with Crippen molar-refractivity contribution in [3.05, 3.63) is 59.5 Å². The number of aromatic nitrogens is 4. The van der Waals surface area contributed by atoms with E-state index >= 15 is 0 Å². The molecule has 3 aliphatic heterocycles. The fourth-order valence-corrected chi connectivity index (χ4v) is 4.44. The van der Waals surface area contributed by atoms with Gasteiger partial charge in [-0.3, -0.25) is 9.69 Å². The second kappa shape index (κ2) is 6.94. The van der Waals surface area contributed by atoms with E-state index in [0.717, 1.165) is 44.6 Å². The third kappa shape index (κ3) is 3.24.